The van der Waals surface area contributed by atoms with Crippen LogP contribution in [-0.4, -0.2) is 32.9 Å². The van der Waals surface area contributed by atoms with Gasteiger partial charge in [0.05, 0.1) is 23.9 Å². The molecule has 3 rings (SSSR count). The van der Waals surface area contributed by atoms with Crippen LogP contribution in [0.2, 0.25) is 0 Å². The molecule has 0 bridgehead atoms. The molecule has 0 atom stereocenters. The van der Waals surface area contributed by atoms with Crippen molar-refractivity contribution in [1.82, 2.24) is 15.2 Å². The molecule has 2 N–H and O–H groups in total. The van der Waals surface area contributed by atoms with Crippen molar-refractivity contribution in [2.45, 2.75) is 58.5 Å². The topological polar surface area (TPSA) is 88.1 Å². The monoisotopic (exact) mass is 357 g/mol. The normalized spacial score (nSPS) is 23.0. The molecule has 0 spiro atoms. The van der Waals surface area contributed by atoms with Gasteiger partial charge in [0.2, 0.25) is 0 Å². The van der Waals surface area contributed by atoms with Crippen LogP contribution in [-0.2, 0) is 21.6 Å². The maximum atomic E-state index is 11.9. The van der Waals surface area contributed by atoms with Crippen LogP contribution in [0.3, 0.4) is 0 Å². The Hall–Kier alpha value is -2.21. The molecule has 0 saturated heterocycles. The molecule has 1 saturated carbocycles. The van der Waals surface area contributed by atoms with Gasteiger partial charge in [-0.1, -0.05) is 0 Å². The molecule has 0 radical (unpaired) electrons. The van der Waals surface area contributed by atoms with Crippen LogP contribution in [0.4, 0.5) is 0 Å². The van der Waals surface area contributed by atoms with Crippen molar-refractivity contribution in [3.63, 3.8) is 0 Å². The Morgan fingerprint density at radius 1 is 1.27 bits per heavy atom. The number of H-pyrrole nitrogens is 1. The quantitative estimate of drug-likeness (QED) is 0.803. The van der Waals surface area contributed by atoms with E-state index in [4.69, 9.17) is 9.72 Å². The molecule has 2 heterocycles. The first kappa shape index (κ1) is 18.6. The first-order chi connectivity index (χ1) is 12.4. The van der Waals surface area contributed by atoms with Crippen molar-refractivity contribution in [3.05, 3.63) is 46.5 Å². The number of nitrogens with one attached hydrogen (secondary N) is 1. The van der Waals surface area contributed by atoms with E-state index in [2.05, 4.69) is 10.2 Å². The Balaban J connectivity index is 1.75. The van der Waals surface area contributed by atoms with Gasteiger partial charge in [-0.15, -0.1) is 0 Å². The lowest BCUT2D eigenvalue weighted by atomic mass is 9.76. The fraction of sp³-hybridized carbons (Fsp3) is 0.550. The molecular weight excluding hydrogens is 330 g/mol. The number of ether oxygens (including phenoxy) is 1. The third-order valence-electron chi connectivity index (χ3n) is 5.05. The van der Waals surface area contributed by atoms with Gasteiger partial charge >= 0.3 is 5.97 Å². The van der Waals surface area contributed by atoms with Gasteiger partial charge in [-0.2, -0.15) is 5.10 Å². The fourth-order valence-corrected chi connectivity index (χ4v) is 3.67. The maximum Gasteiger partial charge on any atom is 0.308 e. The Kier molecular flexibility index (Phi) is 5.41. The van der Waals surface area contributed by atoms with Crippen molar-refractivity contribution in [3.8, 4) is 0 Å². The molecule has 1 aliphatic carbocycles. The molecule has 0 unspecified atom stereocenters. The van der Waals surface area contributed by atoms with Crippen molar-refractivity contribution >= 4 is 5.97 Å². The first-order valence-electron chi connectivity index (χ1n) is 9.27. The molecule has 2 aromatic rings. The van der Waals surface area contributed by atoms with E-state index in [9.17, 15) is 9.90 Å². The number of carbonyl (C=O) groups excluding carboxylic acids is 1. The second-order valence-corrected chi connectivity index (χ2v) is 7.30. The highest BCUT2D eigenvalue weighted by molar-refractivity contribution is 5.72. The van der Waals surface area contributed by atoms with E-state index in [0.717, 1.165) is 22.6 Å². The number of carbonyl (C=O) groups is 1. The van der Waals surface area contributed by atoms with Gasteiger partial charge in [-0.25, -0.2) is 0 Å². The van der Waals surface area contributed by atoms with E-state index in [1.807, 2.05) is 39.0 Å². The number of hydrogen-bond donors (Lipinski definition) is 2. The summed E-state index contributed by atoms with van der Waals surface area (Å²) in [6, 6.07) is 5.98. The highest BCUT2D eigenvalue weighted by Gasteiger charge is 2.38. The zero-order chi connectivity index (χ0) is 18.7. The van der Waals surface area contributed by atoms with Gasteiger partial charge < -0.3 is 9.84 Å². The average Bonchev–Trinajstić information content (AvgIpc) is 3.00. The summed E-state index contributed by atoms with van der Waals surface area (Å²) >= 11 is 0. The Labute approximate surface area is 154 Å². The number of hydrogen-bond acceptors (Lipinski definition) is 5. The van der Waals surface area contributed by atoms with E-state index < -0.39 is 5.60 Å². The molecule has 2 aromatic heterocycles. The summed E-state index contributed by atoms with van der Waals surface area (Å²) in [4.78, 5) is 16.6. The minimum atomic E-state index is -0.981. The second kappa shape index (κ2) is 7.58. The number of aliphatic hydroxyl groups is 1. The van der Waals surface area contributed by atoms with Crippen LogP contribution >= 0.6 is 0 Å². The third-order valence-corrected chi connectivity index (χ3v) is 5.05. The summed E-state index contributed by atoms with van der Waals surface area (Å²) in [5.41, 5.74) is 3.63. The molecule has 6 nitrogen and oxygen atoms in total. The van der Waals surface area contributed by atoms with Crippen LogP contribution in [0.25, 0.3) is 0 Å². The number of esters is 1. The maximum absolute atomic E-state index is 11.9. The number of nitrogens with zero attached hydrogens (tertiary/aromatic N) is 2. The summed E-state index contributed by atoms with van der Waals surface area (Å²) in [6.07, 6.45) is 2.92. The molecule has 1 fully saturated rings. The van der Waals surface area contributed by atoms with E-state index >= 15 is 0 Å². The summed E-state index contributed by atoms with van der Waals surface area (Å²) in [5.74, 6) is -0.270. The molecule has 0 amide bonds. The second-order valence-electron chi connectivity index (χ2n) is 7.30. The summed E-state index contributed by atoms with van der Waals surface area (Å²) in [5, 5.41) is 18.4. The van der Waals surface area contributed by atoms with Gasteiger partial charge in [0.25, 0.3) is 0 Å². The zero-order valence-corrected chi connectivity index (χ0v) is 15.7. The van der Waals surface area contributed by atoms with E-state index in [0.29, 0.717) is 44.4 Å². The molecule has 1 aliphatic rings. The Morgan fingerprint density at radius 3 is 2.62 bits per heavy atom. The molecule has 0 aromatic carbocycles. The fourth-order valence-electron chi connectivity index (χ4n) is 3.67. The highest BCUT2D eigenvalue weighted by atomic mass is 16.5. The third kappa shape index (κ3) is 4.12. The lowest BCUT2D eigenvalue weighted by molar-refractivity contribution is -0.151. The number of pyridine rings is 1. The van der Waals surface area contributed by atoms with Gasteiger partial charge in [0.15, 0.2) is 0 Å². The zero-order valence-electron chi connectivity index (χ0n) is 15.7. The molecule has 0 aliphatic heterocycles. The van der Waals surface area contributed by atoms with Gasteiger partial charge in [0, 0.05) is 17.8 Å². The lowest BCUT2D eigenvalue weighted by Gasteiger charge is -2.35. The number of aromatic amines is 1. The van der Waals surface area contributed by atoms with Crippen LogP contribution in [0.5, 0.6) is 0 Å². The van der Waals surface area contributed by atoms with Gasteiger partial charge in [-0.3, -0.25) is 14.9 Å². The van der Waals surface area contributed by atoms with Crippen LogP contribution in [0.1, 0.15) is 60.9 Å². The molecule has 140 valence electrons. The number of aryl methyl sites for hydroxylation is 2. The number of aromatic nitrogens is 3. The van der Waals surface area contributed by atoms with Crippen molar-refractivity contribution in [1.29, 1.82) is 0 Å². The smallest absolute Gasteiger partial charge is 0.308 e. The minimum Gasteiger partial charge on any atom is -0.466 e. The molecule has 6 heteroatoms. The summed E-state index contributed by atoms with van der Waals surface area (Å²) < 4.78 is 5.12. The minimum absolute atomic E-state index is 0.119. The Bertz CT molecular complexity index is 776. The standard InChI is InChI=1S/C20H27N3O3/c1-4-26-19(24)15-5-7-20(25,8-6-15)18-10-13(2)9-16(21-18)12-17-11-14(3)22-23-17/h9-11,15,25H,4-8,12H2,1-3H3,(H,22,23). The van der Waals surface area contributed by atoms with Gasteiger partial charge in [0.1, 0.15) is 5.60 Å². The summed E-state index contributed by atoms with van der Waals surface area (Å²) in [6.45, 7) is 6.19. The van der Waals surface area contributed by atoms with Crippen LogP contribution < -0.4 is 0 Å². The first-order valence-corrected chi connectivity index (χ1v) is 9.27. The Morgan fingerprint density at radius 2 is 2.00 bits per heavy atom. The van der Waals surface area contributed by atoms with E-state index in [-0.39, 0.29) is 11.9 Å². The summed E-state index contributed by atoms with van der Waals surface area (Å²) in [7, 11) is 0. The van der Waals surface area contributed by atoms with Crippen molar-refractivity contribution in [2.24, 2.45) is 5.92 Å². The van der Waals surface area contributed by atoms with Crippen LogP contribution in [0, 0.1) is 19.8 Å². The number of rotatable bonds is 5. The van der Waals surface area contributed by atoms with Crippen molar-refractivity contribution < 1.29 is 14.6 Å². The molecule has 26 heavy (non-hydrogen) atoms. The molecular formula is C20H27N3O3. The van der Waals surface area contributed by atoms with Gasteiger partial charge in [-0.05, 0) is 70.2 Å². The van der Waals surface area contributed by atoms with Crippen LogP contribution in [0.15, 0.2) is 18.2 Å². The van der Waals surface area contributed by atoms with E-state index in [1.54, 1.807) is 0 Å². The largest absolute Gasteiger partial charge is 0.466 e. The van der Waals surface area contributed by atoms with Crippen molar-refractivity contribution in [2.75, 3.05) is 6.61 Å². The SMILES string of the molecule is CCOC(=O)C1CCC(O)(c2cc(C)cc(Cc3cc(C)[nH]n3)n2)CC1. The lowest BCUT2D eigenvalue weighted by Crippen LogP contribution is -2.35. The predicted octanol–water partition coefficient (Wildman–Crippen LogP) is 2.95. The van der Waals surface area contributed by atoms with E-state index in [1.165, 1.54) is 0 Å². The highest BCUT2D eigenvalue weighted by Crippen LogP contribution is 2.39. The predicted molar refractivity (Wildman–Crippen MR) is 97.6 cm³/mol. The average molecular weight is 357 g/mol.